The predicted octanol–water partition coefficient (Wildman–Crippen LogP) is 3.01. The highest BCUT2D eigenvalue weighted by Gasteiger charge is 2.18. The molecule has 0 amide bonds. The Morgan fingerprint density at radius 2 is 2.00 bits per heavy atom. The molecule has 3 N–H and O–H groups in total. The van der Waals surface area contributed by atoms with E-state index < -0.39 is 10.0 Å². The second-order valence-electron chi connectivity index (χ2n) is 4.47. The maximum atomic E-state index is 12.4. The largest absolute Gasteiger partial charge is 0.397 e. The van der Waals surface area contributed by atoms with Crippen LogP contribution in [-0.2, 0) is 10.0 Å². The lowest BCUT2D eigenvalue weighted by Crippen LogP contribution is -2.14. The van der Waals surface area contributed by atoms with Crippen molar-refractivity contribution in [3.63, 3.8) is 0 Å². The molecule has 0 aromatic heterocycles. The van der Waals surface area contributed by atoms with E-state index >= 15 is 0 Å². The van der Waals surface area contributed by atoms with Gasteiger partial charge in [-0.1, -0.05) is 23.6 Å². The second-order valence-corrected chi connectivity index (χ2v) is 6.53. The van der Waals surface area contributed by atoms with E-state index in [0.717, 1.165) is 0 Å². The van der Waals surface area contributed by atoms with Gasteiger partial charge in [-0.15, -0.1) is 6.42 Å². The average Bonchev–Trinajstić information content (AvgIpc) is 2.42. The van der Waals surface area contributed by atoms with Crippen molar-refractivity contribution >= 4 is 33.0 Å². The lowest BCUT2D eigenvalue weighted by molar-refractivity contribution is 0.600. The van der Waals surface area contributed by atoms with Gasteiger partial charge in [-0.25, -0.2) is 8.42 Å². The van der Waals surface area contributed by atoms with E-state index in [1.165, 1.54) is 12.1 Å². The third-order valence-corrected chi connectivity index (χ3v) is 4.72. The minimum atomic E-state index is -3.77. The van der Waals surface area contributed by atoms with Crippen LogP contribution in [0, 0.1) is 19.3 Å². The number of terminal acetylenes is 1. The molecule has 4 nitrogen and oxygen atoms in total. The molecule has 6 heteroatoms. The summed E-state index contributed by atoms with van der Waals surface area (Å²) < 4.78 is 27.3. The molecule has 0 atom stereocenters. The minimum Gasteiger partial charge on any atom is -0.397 e. The number of nitrogens with one attached hydrogen (secondary N) is 1. The van der Waals surface area contributed by atoms with Crippen molar-refractivity contribution in [1.82, 2.24) is 0 Å². The highest BCUT2D eigenvalue weighted by atomic mass is 35.5. The van der Waals surface area contributed by atoms with Gasteiger partial charge in [-0.2, -0.15) is 0 Å². The number of rotatable bonds is 3. The molecule has 0 aliphatic heterocycles. The van der Waals surface area contributed by atoms with Crippen LogP contribution in [0.3, 0.4) is 0 Å². The van der Waals surface area contributed by atoms with Crippen LogP contribution in [0.5, 0.6) is 0 Å². The van der Waals surface area contributed by atoms with Crippen LogP contribution in [0.15, 0.2) is 41.3 Å². The van der Waals surface area contributed by atoms with E-state index in [2.05, 4.69) is 10.6 Å². The summed E-state index contributed by atoms with van der Waals surface area (Å²) in [6, 6.07) is 9.44. The third-order valence-electron chi connectivity index (χ3n) is 2.87. The molecule has 0 fully saturated rings. The number of halogens is 1. The van der Waals surface area contributed by atoms with Gasteiger partial charge >= 0.3 is 0 Å². The molecule has 0 saturated carbocycles. The lowest BCUT2D eigenvalue weighted by atomic mass is 10.2. The minimum absolute atomic E-state index is 0.0792. The van der Waals surface area contributed by atoms with E-state index in [-0.39, 0.29) is 10.6 Å². The summed E-state index contributed by atoms with van der Waals surface area (Å²) in [6.07, 6.45) is 5.30. The van der Waals surface area contributed by atoms with Gasteiger partial charge in [-0.3, -0.25) is 4.72 Å². The molecule has 0 aliphatic carbocycles. The molecule has 108 valence electrons. The maximum absolute atomic E-state index is 12.4. The Morgan fingerprint density at radius 1 is 1.29 bits per heavy atom. The molecular formula is C15H13ClN2O2S. The Balaban J connectivity index is 2.43. The molecule has 0 bridgehead atoms. The van der Waals surface area contributed by atoms with Crippen molar-refractivity contribution in [3.8, 4) is 12.3 Å². The Bertz CT molecular complexity index is 839. The van der Waals surface area contributed by atoms with Crippen LogP contribution in [0.2, 0.25) is 5.02 Å². The van der Waals surface area contributed by atoms with Gasteiger partial charge in [-0.05, 0) is 42.8 Å². The van der Waals surface area contributed by atoms with Crippen molar-refractivity contribution < 1.29 is 8.42 Å². The first-order valence-electron chi connectivity index (χ1n) is 5.98. The fourth-order valence-electron chi connectivity index (χ4n) is 1.84. The topological polar surface area (TPSA) is 72.2 Å². The molecule has 0 spiro atoms. The van der Waals surface area contributed by atoms with E-state index in [0.29, 0.717) is 21.8 Å². The first-order valence-corrected chi connectivity index (χ1v) is 7.85. The van der Waals surface area contributed by atoms with Crippen LogP contribution < -0.4 is 10.5 Å². The predicted molar refractivity (Wildman–Crippen MR) is 85.8 cm³/mol. The van der Waals surface area contributed by atoms with Gasteiger partial charge in [0, 0.05) is 5.56 Å². The molecule has 2 aromatic rings. The smallest absolute Gasteiger partial charge is 0.262 e. The second kappa shape index (κ2) is 5.68. The molecule has 0 aliphatic rings. The summed E-state index contributed by atoms with van der Waals surface area (Å²) in [5.41, 5.74) is 7.37. The highest BCUT2D eigenvalue weighted by Crippen LogP contribution is 2.27. The van der Waals surface area contributed by atoms with Crippen LogP contribution >= 0.6 is 11.6 Å². The van der Waals surface area contributed by atoms with Gasteiger partial charge < -0.3 is 5.73 Å². The number of aryl methyl sites for hydroxylation is 1. The Kier molecular flexibility index (Phi) is 4.12. The summed E-state index contributed by atoms with van der Waals surface area (Å²) >= 11 is 5.87. The van der Waals surface area contributed by atoms with E-state index in [1.54, 1.807) is 31.2 Å². The van der Waals surface area contributed by atoms with Crippen molar-refractivity contribution in [2.45, 2.75) is 11.8 Å². The molecular weight excluding hydrogens is 308 g/mol. The van der Waals surface area contributed by atoms with Crippen LogP contribution in [-0.4, -0.2) is 8.42 Å². The standard InChI is InChI=1S/C15H13ClN2O2S/c1-3-11-5-4-6-12(8-11)18-21(19,20)15-9-14(17)13(16)7-10(15)2/h1,4-9,18H,17H2,2H3. The zero-order valence-electron chi connectivity index (χ0n) is 11.2. The fraction of sp³-hybridized carbons (Fsp3) is 0.0667. The van der Waals surface area contributed by atoms with Gasteiger partial charge in [0.1, 0.15) is 0 Å². The number of hydrogen-bond donors (Lipinski definition) is 2. The molecule has 2 aromatic carbocycles. The normalized spacial score (nSPS) is 10.9. The van der Waals surface area contributed by atoms with Crippen molar-refractivity contribution in [3.05, 3.63) is 52.5 Å². The quantitative estimate of drug-likeness (QED) is 0.674. The fourth-order valence-corrected chi connectivity index (χ4v) is 3.37. The Labute approximate surface area is 129 Å². The number of benzene rings is 2. The summed E-state index contributed by atoms with van der Waals surface area (Å²) in [6.45, 7) is 1.65. The van der Waals surface area contributed by atoms with Gasteiger partial charge in [0.25, 0.3) is 10.0 Å². The molecule has 21 heavy (non-hydrogen) atoms. The summed E-state index contributed by atoms with van der Waals surface area (Å²) in [5.74, 6) is 2.45. The van der Waals surface area contributed by atoms with Crippen molar-refractivity contribution in [2.24, 2.45) is 0 Å². The molecule has 2 rings (SSSR count). The van der Waals surface area contributed by atoms with Gasteiger partial charge in [0.05, 0.1) is 21.3 Å². The SMILES string of the molecule is C#Cc1cccc(NS(=O)(=O)c2cc(N)c(Cl)cc2C)c1. The maximum Gasteiger partial charge on any atom is 0.262 e. The van der Waals surface area contributed by atoms with Crippen LogP contribution in [0.4, 0.5) is 11.4 Å². The van der Waals surface area contributed by atoms with Crippen molar-refractivity contribution in [2.75, 3.05) is 10.5 Å². The lowest BCUT2D eigenvalue weighted by Gasteiger charge is -2.12. The van der Waals surface area contributed by atoms with E-state index in [4.69, 9.17) is 23.8 Å². The Morgan fingerprint density at radius 3 is 2.67 bits per heavy atom. The number of anilines is 2. The Hall–Kier alpha value is -2.16. The van der Waals surface area contributed by atoms with Crippen molar-refractivity contribution in [1.29, 1.82) is 0 Å². The first-order chi connectivity index (χ1) is 9.83. The molecule has 0 unspecified atom stereocenters. The summed E-state index contributed by atoms with van der Waals surface area (Å²) in [4.78, 5) is 0.0792. The molecule has 0 radical (unpaired) electrons. The number of nitrogens with two attached hydrogens (primary N) is 1. The molecule has 0 saturated heterocycles. The van der Waals surface area contributed by atoms with E-state index in [1.807, 2.05) is 0 Å². The summed E-state index contributed by atoms with van der Waals surface area (Å²) in [7, 11) is -3.77. The third kappa shape index (κ3) is 3.30. The highest BCUT2D eigenvalue weighted by molar-refractivity contribution is 7.92. The zero-order chi connectivity index (χ0) is 15.6. The average molecular weight is 321 g/mol. The zero-order valence-corrected chi connectivity index (χ0v) is 12.8. The van der Waals surface area contributed by atoms with E-state index in [9.17, 15) is 8.42 Å². The van der Waals surface area contributed by atoms with Gasteiger partial charge in [0.15, 0.2) is 0 Å². The number of hydrogen-bond acceptors (Lipinski definition) is 3. The first kappa shape index (κ1) is 15.2. The van der Waals surface area contributed by atoms with Crippen LogP contribution in [0.1, 0.15) is 11.1 Å². The summed E-state index contributed by atoms with van der Waals surface area (Å²) in [5, 5.41) is 0.320. The molecule has 0 heterocycles. The monoisotopic (exact) mass is 320 g/mol. The number of sulfonamides is 1. The van der Waals surface area contributed by atoms with Gasteiger partial charge in [0.2, 0.25) is 0 Å². The number of nitrogen functional groups attached to an aromatic ring is 1. The van der Waals surface area contributed by atoms with Crippen LogP contribution in [0.25, 0.3) is 0 Å².